The van der Waals surface area contributed by atoms with Crippen molar-refractivity contribution in [3.8, 4) is 28.4 Å². The van der Waals surface area contributed by atoms with E-state index in [1.807, 2.05) is 60.4 Å². The number of aromatic nitrogens is 2. The van der Waals surface area contributed by atoms with E-state index in [1.165, 1.54) is 30.2 Å². The summed E-state index contributed by atoms with van der Waals surface area (Å²) >= 11 is 6.68. The summed E-state index contributed by atoms with van der Waals surface area (Å²) in [7, 11) is 3.09. The van der Waals surface area contributed by atoms with Crippen molar-refractivity contribution in [2.45, 2.75) is 75.5 Å². The molecule has 3 aliphatic heterocycles. The fourth-order valence-electron chi connectivity index (χ4n) is 10.2. The Morgan fingerprint density at radius 1 is 0.969 bits per heavy atom. The second kappa shape index (κ2) is 17.6. The normalized spacial score (nSPS) is 22.4. The van der Waals surface area contributed by atoms with E-state index in [2.05, 4.69) is 15.7 Å². The third kappa shape index (κ3) is 7.90. The van der Waals surface area contributed by atoms with Crippen molar-refractivity contribution >= 4 is 52.1 Å². The summed E-state index contributed by atoms with van der Waals surface area (Å²) < 4.78 is 52.2. The minimum Gasteiger partial charge on any atom is -0.494 e. The molecule has 5 aromatic rings. The zero-order valence-corrected chi connectivity index (χ0v) is 37.1. The lowest BCUT2D eigenvalue weighted by Crippen LogP contribution is -2.51. The molecule has 2 atom stereocenters. The largest absolute Gasteiger partial charge is 0.494 e. The van der Waals surface area contributed by atoms with Gasteiger partial charge in [0.15, 0.2) is 23.0 Å². The van der Waals surface area contributed by atoms with Crippen molar-refractivity contribution in [3.05, 3.63) is 100 Å². The molecule has 1 aliphatic carbocycles. The number of para-hydroxylation sites is 1. The lowest BCUT2D eigenvalue weighted by atomic mass is 9.77. The standard InChI is InChI=1S/C48H50ClF2N7O7/c1-26-38-36(24-33(50)41(49)40(38)39-31(44(52)60)16-17-34(63-3)42(39)51)65-48(26,28-8-5-4-6-9-28)25-53-29-18-21-57(22-19-29)46(61)27-12-14-30(15-13-27)64-35-11-7-10-32-43(35)56(2)55-45(32)58-23-20-37(59)54-47(58)62/h4-11,16-17,24,26-27,29-30,53H,12-15,18-23,25H2,1-3H3,(H2,52,60)(H,54,59,62). The SMILES string of the molecule is COc1ccc(C(N)=O)c(-c2c(Cl)c(F)cc3c2C(C)C(CNC2CCN(C(=O)C4CCC(Oc5cccc6c(N7CCC(=O)NC7=O)nn(C)c56)CC4)CC2)(c2ccccc2)O3)c1F. The van der Waals surface area contributed by atoms with Crippen molar-refractivity contribution in [1.82, 2.24) is 25.3 Å². The number of anilines is 1. The van der Waals surface area contributed by atoms with Crippen molar-refractivity contribution in [3.63, 3.8) is 0 Å². The van der Waals surface area contributed by atoms with Gasteiger partial charge in [0, 0.05) is 85.7 Å². The Balaban J connectivity index is 0.854. The van der Waals surface area contributed by atoms with Gasteiger partial charge >= 0.3 is 6.03 Å². The topological polar surface area (TPSA) is 170 Å². The molecule has 3 fully saturated rings. The van der Waals surface area contributed by atoms with Crippen LogP contribution in [-0.4, -0.2) is 83.9 Å². The first-order valence-corrected chi connectivity index (χ1v) is 22.4. The Morgan fingerprint density at radius 2 is 1.71 bits per heavy atom. The molecule has 1 saturated carbocycles. The Labute approximate surface area is 379 Å². The molecule has 1 aromatic heterocycles. The third-order valence-electron chi connectivity index (χ3n) is 13.6. The highest BCUT2D eigenvalue weighted by Gasteiger charge is 2.50. The zero-order valence-electron chi connectivity index (χ0n) is 36.3. The van der Waals surface area contributed by atoms with E-state index in [9.17, 15) is 19.2 Å². The van der Waals surface area contributed by atoms with E-state index in [-0.39, 0.29) is 76.1 Å². The quantitative estimate of drug-likeness (QED) is 0.123. The van der Waals surface area contributed by atoms with Crippen molar-refractivity contribution in [1.29, 1.82) is 0 Å². The maximum Gasteiger partial charge on any atom is 0.329 e. The summed E-state index contributed by atoms with van der Waals surface area (Å²) in [5.74, 6) is -2.34. The van der Waals surface area contributed by atoms with Crippen molar-refractivity contribution < 1.29 is 42.2 Å². The second-order valence-electron chi connectivity index (χ2n) is 17.3. The maximum atomic E-state index is 16.2. The zero-order chi connectivity index (χ0) is 45.7. The number of nitrogens with one attached hydrogen (secondary N) is 2. The van der Waals surface area contributed by atoms with Gasteiger partial charge in [-0.3, -0.25) is 29.3 Å². The van der Waals surface area contributed by atoms with Gasteiger partial charge in [-0.25, -0.2) is 13.6 Å². The number of urea groups is 1. The molecule has 17 heteroatoms. The smallest absolute Gasteiger partial charge is 0.329 e. The van der Waals surface area contributed by atoms with Crippen LogP contribution in [0.4, 0.5) is 19.4 Å². The Hall–Kier alpha value is -6.26. The number of primary amides is 1. The van der Waals surface area contributed by atoms with E-state index >= 15 is 8.78 Å². The average Bonchev–Trinajstić information content (AvgIpc) is 3.79. The number of amides is 5. The van der Waals surface area contributed by atoms with Gasteiger partial charge in [-0.2, -0.15) is 5.10 Å². The number of nitrogens with zero attached hydrogens (tertiary/aromatic N) is 4. The number of carbonyl (C=O) groups excluding carboxylic acids is 4. The predicted octanol–water partition coefficient (Wildman–Crippen LogP) is 7.34. The van der Waals surface area contributed by atoms with E-state index in [0.29, 0.717) is 75.3 Å². The number of hydrogen-bond acceptors (Lipinski definition) is 9. The number of ether oxygens (including phenoxy) is 3. The molecule has 2 saturated heterocycles. The molecule has 0 radical (unpaired) electrons. The first kappa shape index (κ1) is 44.0. The Bertz CT molecular complexity index is 2700. The van der Waals surface area contributed by atoms with Crippen molar-refractivity contribution in [2.24, 2.45) is 18.7 Å². The fraction of sp³-hybridized carbons (Fsp3) is 0.396. The van der Waals surface area contributed by atoms with Gasteiger partial charge in [-0.1, -0.05) is 54.9 Å². The molecule has 14 nitrogen and oxygen atoms in total. The van der Waals surface area contributed by atoms with Crippen LogP contribution < -0.4 is 35.5 Å². The molecule has 4 N–H and O–H groups in total. The van der Waals surface area contributed by atoms with Gasteiger partial charge in [0.25, 0.3) is 0 Å². The molecule has 0 spiro atoms. The van der Waals surface area contributed by atoms with Crippen LogP contribution >= 0.6 is 11.6 Å². The Kier molecular flexibility index (Phi) is 11.9. The molecule has 4 aromatic carbocycles. The van der Waals surface area contributed by atoms with Gasteiger partial charge in [0.05, 0.1) is 23.8 Å². The molecule has 0 bridgehead atoms. The third-order valence-corrected chi connectivity index (χ3v) is 14.0. The number of imide groups is 1. The number of carbonyl (C=O) groups is 4. The molecule has 340 valence electrons. The van der Waals surface area contributed by atoms with Gasteiger partial charge in [-0.05, 0) is 68.4 Å². The second-order valence-corrected chi connectivity index (χ2v) is 17.7. The number of nitrogens with two attached hydrogens (primary N) is 1. The first-order chi connectivity index (χ1) is 31.3. The molecule has 4 aliphatic rings. The summed E-state index contributed by atoms with van der Waals surface area (Å²) in [6.07, 6.45) is 4.30. The highest BCUT2D eigenvalue weighted by molar-refractivity contribution is 6.34. The summed E-state index contributed by atoms with van der Waals surface area (Å²) in [6, 6.07) is 18.5. The summed E-state index contributed by atoms with van der Waals surface area (Å²) in [4.78, 5) is 54.4. The number of rotatable bonds is 11. The van der Waals surface area contributed by atoms with Gasteiger partial charge < -0.3 is 30.2 Å². The summed E-state index contributed by atoms with van der Waals surface area (Å²) in [5.41, 5.74) is 6.17. The average molecular weight is 910 g/mol. The number of hydrogen-bond donors (Lipinski definition) is 3. The first-order valence-electron chi connectivity index (χ1n) is 22.0. The number of methoxy groups -OCH3 is 1. The van der Waals surface area contributed by atoms with Gasteiger partial charge in [0.2, 0.25) is 17.7 Å². The van der Waals surface area contributed by atoms with Crippen LogP contribution in [0, 0.1) is 17.6 Å². The van der Waals surface area contributed by atoms with Crippen LogP contribution in [0.1, 0.15) is 79.3 Å². The fourth-order valence-corrected chi connectivity index (χ4v) is 10.4. The molecule has 9 rings (SSSR count). The maximum absolute atomic E-state index is 16.2. The van der Waals surface area contributed by atoms with E-state index in [0.717, 1.165) is 16.5 Å². The van der Waals surface area contributed by atoms with E-state index < -0.39 is 35.1 Å². The van der Waals surface area contributed by atoms with Crippen LogP contribution in [0.25, 0.3) is 22.0 Å². The number of halogens is 3. The molecular formula is C48H50ClF2N7O7. The Morgan fingerprint density at radius 3 is 2.40 bits per heavy atom. The number of benzene rings is 4. The van der Waals surface area contributed by atoms with Crippen LogP contribution in [0.2, 0.25) is 5.02 Å². The van der Waals surface area contributed by atoms with Gasteiger partial charge in [0.1, 0.15) is 22.8 Å². The highest BCUT2D eigenvalue weighted by atomic mass is 35.5. The molecular weight excluding hydrogens is 860 g/mol. The minimum absolute atomic E-state index is 0.0191. The lowest BCUT2D eigenvalue weighted by Gasteiger charge is -2.39. The lowest BCUT2D eigenvalue weighted by molar-refractivity contribution is -0.138. The van der Waals surface area contributed by atoms with Crippen LogP contribution in [0.3, 0.4) is 0 Å². The number of likely N-dealkylation sites (tertiary alicyclic amines) is 1. The van der Waals surface area contributed by atoms with E-state index in [4.69, 9.17) is 31.5 Å². The molecule has 5 amide bonds. The van der Waals surface area contributed by atoms with Crippen molar-refractivity contribution in [2.75, 3.05) is 38.2 Å². The molecule has 2 unspecified atom stereocenters. The summed E-state index contributed by atoms with van der Waals surface area (Å²) in [5, 5.41) is 11.1. The summed E-state index contributed by atoms with van der Waals surface area (Å²) in [6.45, 7) is 3.60. The van der Waals surface area contributed by atoms with E-state index in [1.54, 1.807) is 11.7 Å². The van der Waals surface area contributed by atoms with Crippen LogP contribution in [0.15, 0.2) is 66.7 Å². The highest BCUT2D eigenvalue weighted by Crippen LogP contribution is 2.56. The monoisotopic (exact) mass is 909 g/mol. The molecule has 65 heavy (non-hydrogen) atoms. The number of fused-ring (bicyclic) bond motifs is 2. The van der Waals surface area contributed by atoms with Gasteiger partial charge in [-0.15, -0.1) is 0 Å². The van der Waals surface area contributed by atoms with Crippen LogP contribution in [-0.2, 0) is 22.2 Å². The predicted molar refractivity (Wildman–Crippen MR) is 239 cm³/mol. The number of piperidine rings is 1. The minimum atomic E-state index is -1.10. The van der Waals surface area contributed by atoms with Crippen LogP contribution in [0.5, 0.6) is 17.2 Å². The molecule has 4 heterocycles. The number of aryl methyl sites for hydroxylation is 1.